The highest BCUT2D eigenvalue weighted by Gasteiger charge is 2.21. The Hall–Kier alpha value is -1.44. The predicted octanol–water partition coefficient (Wildman–Crippen LogP) is 0.686. The van der Waals surface area contributed by atoms with Crippen LogP contribution in [0.4, 0.5) is 0 Å². The molecular weight excluding hydrogens is 278 g/mol. The van der Waals surface area contributed by atoms with Crippen LogP contribution in [0.25, 0.3) is 0 Å². The molecule has 20 heavy (non-hydrogen) atoms. The van der Waals surface area contributed by atoms with Crippen LogP contribution in [0.2, 0.25) is 0 Å². The molecule has 0 saturated carbocycles. The van der Waals surface area contributed by atoms with Gasteiger partial charge in [0.05, 0.1) is 4.90 Å². The summed E-state index contributed by atoms with van der Waals surface area (Å²) in [4.78, 5) is 11.2. The van der Waals surface area contributed by atoms with Crippen LogP contribution in [-0.4, -0.2) is 19.9 Å². The summed E-state index contributed by atoms with van der Waals surface area (Å²) in [5.41, 5.74) is 2.40. The van der Waals surface area contributed by atoms with Gasteiger partial charge in [0, 0.05) is 12.0 Å². The van der Waals surface area contributed by atoms with Gasteiger partial charge in [-0.3, -0.25) is 10.2 Å². The Kier molecular flexibility index (Phi) is 5.27. The molecule has 0 unspecified atom stereocenters. The smallest absolute Gasteiger partial charge is 0.241 e. The van der Waals surface area contributed by atoms with E-state index in [4.69, 9.17) is 5.84 Å². The lowest BCUT2D eigenvalue weighted by Crippen LogP contribution is -2.40. The van der Waals surface area contributed by atoms with Crippen molar-refractivity contribution in [1.82, 2.24) is 10.1 Å². The molecule has 0 heterocycles. The molecule has 0 spiro atoms. The van der Waals surface area contributed by atoms with E-state index in [0.717, 1.165) is 5.56 Å². The van der Waals surface area contributed by atoms with Gasteiger partial charge < -0.3 is 0 Å². The van der Waals surface area contributed by atoms with Crippen molar-refractivity contribution < 1.29 is 13.2 Å². The zero-order valence-electron chi connectivity index (χ0n) is 11.9. The predicted molar refractivity (Wildman–Crippen MR) is 77.2 cm³/mol. The van der Waals surface area contributed by atoms with E-state index in [-0.39, 0.29) is 17.2 Å². The number of hydrogen-bond donors (Lipinski definition) is 3. The van der Waals surface area contributed by atoms with Gasteiger partial charge in [-0.15, -0.1) is 0 Å². The molecule has 1 rings (SSSR count). The standard InChI is InChI=1S/C13H21N3O3S/c1-13(2,3)16-20(18,19)11-7-4-10(5-8-11)6-9-12(17)15-14/h4-5,7-8,16H,6,9,14H2,1-3H3,(H,15,17). The van der Waals surface area contributed by atoms with Crippen molar-refractivity contribution in [2.24, 2.45) is 5.84 Å². The highest BCUT2D eigenvalue weighted by molar-refractivity contribution is 7.89. The summed E-state index contributed by atoms with van der Waals surface area (Å²) in [6.45, 7) is 5.35. The van der Waals surface area contributed by atoms with E-state index in [0.29, 0.717) is 6.42 Å². The van der Waals surface area contributed by atoms with Gasteiger partial charge in [-0.25, -0.2) is 19.0 Å². The Bertz CT molecular complexity index is 560. The summed E-state index contributed by atoms with van der Waals surface area (Å²) in [5.74, 6) is 4.74. The molecule has 0 radical (unpaired) electrons. The van der Waals surface area contributed by atoms with Crippen LogP contribution in [0.15, 0.2) is 29.2 Å². The average molecular weight is 299 g/mol. The van der Waals surface area contributed by atoms with Crippen molar-refractivity contribution >= 4 is 15.9 Å². The van der Waals surface area contributed by atoms with Gasteiger partial charge in [-0.2, -0.15) is 0 Å². The Morgan fingerprint density at radius 3 is 2.20 bits per heavy atom. The number of carbonyl (C=O) groups excluding carboxylic acids is 1. The minimum atomic E-state index is -3.52. The number of hydrogen-bond acceptors (Lipinski definition) is 4. The third kappa shape index (κ3) is 5.28. The first kappa shape index (κ1) is 16.6. The Balaban J connectivity index is 2.78. The normalized spacial score (nSPS) is 12.2. The monoisotopic (exact) mass is 299 g/mol. The van der Waals surface area contributed by atoms with Gasteiger partial charge in [-0.05, 0) is 44.9 Å². The topological polar surface area (TPSA) is 101 Å². The van der Waals surface area contributed by atoms with Crippen molar-refractivity contribution in [3.63, 3.8) is 0 Å². The first-order chi connectivity index (χ1) is 9.14. The first-order valence-electron chi connectivity index (χ1n) is 6.26. The number of nitrogens with one attached hydrogen (secondary N) is 2. The maximum absolute atomic E-state index is 12.1. The molecule has 1 amide bonds. The van der Waals surface area contributed by atoms with Gasteiger partial charge in [0.25, 0.3) is 0 Å². The number of benzene rings is 1. The number of carbonyl (C=O) groups is 1. The van der Waals surface area contributed by atoms with Crippen molar-refractivity contribution in [3.05, 3.63) is 29.8 Å². The molecular formula is C13H21N3O3S. The number of sulfonamides is 1. The second-order valence-electron chi connectivity index (χ2n) is 5.57. The number of hydrazine groups is 1. The zero-order valence-corrected chi connectivity index (χ0v) is 12.8. The average Bonchev–Trinajstić information content (AvgIpc) is 2.33. The third-order valence-corrected chi connectivity index (χ3v) is 4.25. The summed E-state index contributed by atoms with van der Waals surface area (Å²) in [6, 6.07) is 6.45. The van der Waals surface area contributed by atoms with E-state index in [9.17, 15) is 13.2 Å². The largest absolute Gasteiger partial charge is 0.294 e. The highest BCUT2D eigenvalue weighted by Crippen LogP contribution is 2.14. The van der Waals surface area contributed by atoms with E-state index < -0.39 is 15.6 Å². The Morgan fingerprint density at radius 2 is 1.75 bits per heavy atom. The maximum atomic E-state index is 12.1. The molecule has 0 bridgehead atoms. The van der Waals surface area contributed by atoms with Crippen LogP contribution in [-0.2, 0) is 21.2 Å². The van der Waals surface area contributed by atoms with E-state index in [1.165, 1.54) is 12.1 Å². The molecule has 1 aromatic carbocycles. The molecule has 4 N–H and O–H groups in total. The van der Waals surface area contributed by atoms with E-state index in [2.05, 4.69) is 10.1 Å². The fraction of sp³-hybridized carbons (Fsp3) is 0.462. The number of nitrogens with two attached hydrogens (primary N) is 1. The van der Waals surface area contributed by atoms with Gasteiger partial charge >= 0.3 is 0 Å². The van der Waals surface area contributed by atoms with Crippen LogP contribution in [0.3, 0.4) is 0 Å². The summed E-state index contributed by atoms with van der Waals surface area (Å²) in [6.07, 6.45) is 0.777. The number of rotatable bonds is 5. The lowest BCUT2D eigenvalue weighted by molar-refractivity contribution is -0.121. The van der Waals surface area contributed by atoms with Crippen molar-refractivity contribution in [3.8, 4) is 0 Å². The van der Waals surface area contributed by atoms with E-state index in [1.54, 1.807) is 32.9 Å². The zero-order chi connectivity index (χ0) is 15.4. The fourth-order valence-electron chi connectivity index (χ4n) is 1.63. The maximum Gasteiger partial charge on any atom is 0.241 e. The highest BCUT2D eigenvalue weighted by atomic mass is 32.2. The molecule has 6 nitrogen and oxygen atoms in total. The van der Waals surface area contributed by atoms with Gasteiger partial charge in [-0.1, -0.05) is 12.1 Å². The lowest BCUT2D eigenvalue weighted by atomic mass is 10.1. The third-order valence-electron chi connectivity index (χ3n) is 2.48. The second kappa shape index (κ2) is 6.34. The molecule has 0 aromatic heterocycles. The van der Waals surface area contributed by atoms with Crippen LogP contribution < -0.4 is 16.0 Å². The molecule has 0 aliphatic heterocycles. The van der Waals surface area contributed by atoms with Crippen LogP contribution in [0, 0.1) is 0 Å². The van der Waals surface area contributed by atoms with Crippen LogP contribution >= 0.6 is 0 Å². The van der Waals surface area contributed by atoms with E-state index in [1.807, 2.05) is 0 Å². The first-order valence-corrected chi connectivity index (χ1v) is 7.75. The molecule has 112 valence electrons. The summed E-state index contributed by atoms with van der Waals surface area (Å²) in [5, 5.41) is 0. The molecule has 0 aliphatic carbocycles. The minimum Gasteiger partial charge on any atom is -0.294 e. The number of amides is 1. The molecule has 0 aliphatic rings. The quantitative estimate of drug-likeness (QED) is 0.423. The molecule has 7 heteroatoms. The van der Waals surface area contributed by atoms with Gasteiger partial charge in [0.2, 0.25) is 15.9 Å². The van der Waals surface area contributed by atoms with Crippen LogP contribution in [0.1, 0.15) is 32.8 Å². The van der Waals surface area contributed by atoms with Gasteiger partial charge in [0.1, 0.15) is 0 Å². The van der Waals surface area contributed by atoms with E-state index >= 15 is 0 Å². The fourth-order valence-corrected chi connectivity index (χ4v) is 3.05. The summed E-state index contributed by atoms with van der Waals surface area (Å²) >= 11 is 0. The molecule has 0 atom stereocenters. The van der Waals surface area contributed by atoms with Crippen molar-refractivity contribution in [1.29, 1.82) is 0 Å². The summed E-state index contributed by atoms with van der Waals surface area (Å²) in [7, 11) is -3.52. The van der Waals surface area contributed by atoms with Crippen molar-refractivity contribution in [2.75, 3.05) is 0 Å². The Morgan fingerprint density at radius 1 is 1.20 bits per heavy atom. The second-order valence-corrected chi connectivity index (χ2v) is 7.25. The SMILES string of the molecule is CC(C)(C)NS(=O)(=O)c1ccc(CCC(=O)NN)cc1. The number of aryl methyl sites for hydroxylation is 1. The molecule has 0 fully saturated rings. The molecule has 1 aromatic rings. The van der Waals surface area contributed by atoms with Crippen LogP contribution in [0.5, 0.6) is 0 Å². The minimum absolute atomic E-state index is 0.208. The summed E-state index contributed by atoms with van der Waals surface area (Å²) < 4.78 is 26.7. The van der Waals surface area contributed by atoms with Gasteiger partial charge in [0.15, 0.2) is 0 Å². The van der Waals surface area contributed by atoms with Crippen molar-refractivity contribution in [2.45, 2.75) is 44.0 Å². The molecule has 0 saturated heterocycles. The lowest BCUT2D eigenvalue weighted by Gasteiger charge is -2.20. The Labute approximate surface area is 119 Å².